The Morgan fingerprint density at radius 1 is 1.04 bits per heavy atom. The minimum atomic E-state index is 0.290. The third kappa shape index (κ3) is 5.81. The van der Waals surface area contributed by atoms with E-state index in [4.69, 9.17) is 32.7 Å². The van der Waals surface area contributed by atoms with Crippen LogP contribution in [0.15, 0.2) is 45.9 Å². The molecule has 0 aliphatic carbocycles. The molecule has 7 heteroatoms. The molecule has 0 saturated heterocycles. The van der Waals surface area contributed by atoms with Gasteiger partial charge in [-0.25, -0.2) is 0 Å². The van der Waals surface area contributed by atoms with Crippen molar-refractivity contribution in [2.24, 2.45) is 0 Å². The van der Waals surface area contributed by atoms with E-state index in [2.05, 4.69) is 31.9 Å². The van der Waals surface area contributed by atoms with Gasteiger partial charge in [0.05, 0.1) is 13.4 Å². The molecule has 2 aromatic carbocycles. The number of benzene rings is 2. The standard InChI is InChI=1S/C17H12Br2Cl2O3/c18-16(19)5-6-23-13-7-14(20)17(15(21)8-13)24-10-12-3-1-11(9-22)2-4-12/h1-5,7-9H,6,10H2. The van der Waals surface area contributed by atoms with E-state index in [9.17, 15) is 4.79 Å². The van der Waals surface area contributed by atoms with Crippen molar-refractivity contribution in [2.75, 3.05) is 6.61 Å². The maximum atomic E-state index is 10.6. The molecule has 0 amide bonds. The van der Waals surface area contributed by atoms with Crippen LogP contribution in [-0.4, -0.2) is 12.9 Å². The molecule has 0 heterocycles. The van der Waals surface area contributed by atoms with E-state index in [0.717, 1.165) is 15.2 Å². The zero-order chi connectivity index (χ0) is 17.5. The summed E-state index contributed by atoms with van der Waals surface area (Å²) in [5, 5.41) is 0.729. The van der Waals surface area contributed by atoms with Gasteiger partial charge in [0, 0.05) is 17.7 Å². The van der Waals surface area contributed by atoms with E-state index in [1.54, 1.807) is 30.3 Å². The molecule has 0 unspecified atom stereocenters. The van der Waals surface area contributed by atoms with Gasteiger partial charge in [0.1, 0.15) is 25.2 Å². The Morgan fingerprint density at radius 3 is 2.21 bits per heavy atom. The molecule has 0 spiro atoms. The maximum absolute atomic E-state index is 10.6. The SMILES string of the molecule is O=Cc1ccc(COc2c(Cl)cc(OCC=C(Br)Br)cc2Cl)cc1. The number of hydrogen-bond donors (Lipinski definition) is 0. The molecule has 24 heavy (non-hydrogen) atoms. The molecular formula is C17H12Br2Cl2O3. The summed E-state index contributed by atoms with van der Waals surface area (Å²) in [6, 6.07) is 10.4. The summed E-state index contributed by atoms with van der Waals surface area (Å²) in [7, 11) is 0. The van der Waals surface area contributed by atoms with E-state index in [1.807, 2.05) is 12.1 Å². The van der Waals surface area contributed by atoms with Gasteiger partial charge in [-0.3, -0.25) is 4.79 Å². The van der Waals surface area contributed by atoms with Gasteiger partial charge in [-0.05, 0) is 43.5 Å². The second kappa shape index (κ2) is 9.47. The molecule has 126 valence electrons. The first-order chi connectivity index (χ1) is 11.5. The summed E-state index contributed by atoms with van der Waals surface area (Å²) >= 11 is 18.9. The Hall–Kier alpha value is -1.01. The molecule has 2 rings (SSSR count). The predicted octanol–water partition coefficient (Wildman–Crippen LogP) is 6.39. The first kappa shape index (κ1) is 19.3. The van der Waals surface area contributed by atoms with Crippen molar-refractivity contribution in [1.82, 2.24) is 0 Å². The van der Waals surface area contributed by atoms with Crippen LogP contribution in [0.5, 0.6) is 11.5 Å². The second-order valence-electron chi connectivity index (χ2n) is 4.67. The van der Waals surface area contributed by atoms with Crippen LogP contribution < -0.4 is 9.47 Å². The first-order valence-electron chi connectivity index (χ1n) is 6.79. The lowest BCUT2D eigenvalue weighted by Gasteiger charge is -2.12. The number of ether oxygens (including phenoxy) is 2. The van der Waals surface area contributed by atoms with Crippen LogP contribution in [0.2, 0.25) is 10.0 Å². The minimum absolute atomic E-state index is 0.290. The quantitative estimate of drug-likeness (QED) is 0.418. The summed E-state index contributed by atoms with van der Waals surface area (Å²) < 4.78 is 12.0. The Morgan fingerprint density at radius 2 is 1.67 bits per heavy atom. The zero-order valence-corrected chi connectivity index (χ0v) is 17.0. The van der Waals surface area contributed by atoms with E-state index < -0.39 is 0 Å². The van der Waals surface area contributed by atoms with Crippen molar-refractivity contribution in [2.45, 2.75) is 6.61 Å². The normalized spacial score (nSPS) is 10.2. The molecule has 0 fully saturated rings. The highest BCUT2D eigenvalue weighted by Gasteiger charge is 2.11. The summed E-state index contributed by atoms with van der Waals surface area (Å²) in [6.07, 6.45) is 2.59. The minimum Gasteiger partial charge on any atom is -0.489 e. The van der Waals surface area contributed by atoms with Crippen molar-refractivity contribution in [3.8, 4) is 11.5 Å². The summed E-state index contributed by atoms with van der Waals surface area (Å²) in [5.74, 6) is 0.938. The first-order valence-corrected chi connectivity index (χ1v) is 9.13. The van der Waals surface area contributed by atoms with E-state index >= 15 is 0 Å². The number of hydrogen-bond acceptors (Lipinski definition) is 3. The summed E-state index contributed by atoms with van der Waals surface area (Å²) in [4.78, 5) is 10.6. The fraction of sp³-hybridized carbons (Fsp3) is 0.118. The van der Waals surface area contributed by atoms with Gasteiger partial charge in [0.15, 0.2) is 5.75 Å². The Balaban J connectivity index is 2.04. The van der Waals surface area contributed by atoms with Gasteiger partial charge in [-0.15, -0.1) is 0 Å². The molecule has 0 bridgehead atoms. The van der Waals surface area contributed by atoms with Crippen LogP contribution in [0, 0.1) is 0 Å². The van der Waals surface area contributed by atoms with Gasteiger partial charge < -0.3 is 9.47 Å². The van der Waals surface area contributed by atoms with Crippen LogP contribution in [0.3, 0.4) is 0 Å². The number of carbonyl (C=O) groups is 1. The van der Waals surface area contributed by atoms with E-state index in [-0.39, 0.29) is 6.61 Å². The smallest absolute Gasteiger partial charge is 0.157 e. The van der Waals surface area contributed by atoms with Crippen molar-refractivity contribution in [3.63, 3.8) is 0 Å². The molecule has 0 aromatic heterocycles. The van der Waals surface area contributed by atoms with Crippen molar-refractivity contribution < 1.29 is 14.3 Å². The molecular weight excluding hydrogens is 483 g/mol. The third-order valence-corrected chi connectivity index (χ3v) is 4.17. The van der Waals surface area contributed by atoms with Gasteiger partial charge in [0.2, 0.25) is 0 Å². The van der Waals surface area contributed by atoms with Gasteiger partial charge in [-0.2, -0.15) is 0 Å². The van der Waals surface area contributed by atoms with Gasteiger partial charge in [-0.1, -0.05) is 47.5 Å². The van der Waals surface area contributed by atoms with Crippen LogP contribution in [0.25, 0.3) is 0 Å². The van der Waals surface area contributed by atoms with E-state index in [1.165, 1.54) is 0 Å². The van der Waals surface area contributed by atoms with Crippen LogP contribution >= 0.6 is 55.1 Å². The Bertz CT molecular complexity index is 719. The fourth-order valence-corrected chi connectivity index (χ4v) is 2.65. The molecule has 2 aromatic rings. The zero-order valence-electron chi connectivity index (χ0n) is 12.3. The van der Waals surface area contributed by atoms with Crippen LogP contribution in [-0.2, 0) is 6.61 Å². The Kier molecular flexibility index (Phi) is 7.62. The number of rotatable bonds is 7. The lowest BCUT2D eigenvalue weighted by atomic mass is 10.2. The second-order valence-corrected chi connectivity index (χ2v) is 8.26. The maximum Gasteiger partial charge on any atom is 0.157 e. The topological polar surface area (TPSA) is 35.5 Å². The highest BCUT2D eigenvalue weighted by Crippen LogP contribution is 2.37. The average molecular weight is 495 g/mol. The summed E-state index contributed by atoms with van der Waals surface area (Å²) in [5.41, 5.74) is 1.51. The largest absolute Gasteiger partial charge is 0.489 e. The molecule has 0 N–H and O–H groups in total. The summed E-state index contributed by atoms with van der Waals surface area (Å²) in [6.45, 7) is 0.653. The van der Waals surface area contributed by atoms with Crippen molar-refractivity contribution in [3.05, 3.63) is 67.0 Å². The molecule has 0 aliphatic rings. The molecule has 0 atom stereocenters. The fourth-order valence-electron chi connectivity index (χ4n) is 1.81. The molecule has 0 aliphatic heterocycles. The molecule has 0 radical (unpaired) electrons. The Labute approximate surface area is 166 Å². The number of halogens is 4. The predicted molar refractivity (Wildman–Crippen MR) is 104 cm³/mol. The molecule has 3 nitrogen and oxygen atoms in total. The van der Waals surface area contributed by atoms with Gasteiger partial charge in [0.25, 0.3) is 0 Å². The molecule has 0 saturated carbocycles. The van der Waals surface area contributed by atoms with Crippen molar-refractivity contribution in [1.29, 1.82) is 0 Å². The number of carbonyl (C=O) groups excluding carboxylic acids is 1. The monoisotopic (exact) mass is 492 g/mol. The highest BCUT2D eigenvalue weighted by molar-refractivity contribution is 9.28. The van der Waals surface area contributed by atoms with E-state index in [0.29, 0.717) is 33.7 Å². The third-order valence-electron chi connectivity index (χ3n) is 2.96. The highest BCUT2D eigenvalue weighted by atomic mass is 79.9. The van der Waals surface area contributed by atoms with Crippen LogP contribution in [0.4, 0.5) is 0 Å². The lowest BCUT2D eigenvalue weighted by molar-refractivity contribution is 0.112. The lowest BCUT2D eigenvalue weighted by Crippen LogP contribution is -1.98. The van der Waals surface area contributed by atoms with Crippen molar-refractivity contribution >= 4 is 61.3 Å². The average Bonchev–Trinajstić information content (AvgIpc) is 2.54. The number of aldehydes is 1. The van der Waals surface area contributed by atoms with Gasteiger partial charge >= 0.3 is 0 Å². The van der Waals surface area contributed by atoms with Crippen LogP contribution in [0.1, 0.15) is 15.9 Å².